The summed E-state index contributed by atoms with van der Waals surface area (Å²) in [6.45, 7) is 2.63. The summed E-state index contributed by atoms with van der Waals surface area (Å²) in [6, 6.07) is 4.94. The van der Waals surface area contributed by atoms with Gasteiger partial charge in [0.25, 0.3) is 0 Å². The summed E-state index contributed by atoms with van der Waals surface area (Å²) in [7, 11) is 1.66. The average molecular weight is 264 g/mol. The van der Waals surface area contributed by atoms with Crippen LogP contribution in [-0.2, 0) is 11.3 Å². The first kappa shape index (κ1) is 11.7. The number of anilines is 1. The van der Waals surface area contributed by atoms with Crippen molar-refractivity contribution in [1.82, 2.24) is 14.8 Å². The molecule has 3 rings (SSSR count). The van der Waals surface area contributed by atoms with Gasteiger partial charge in [-0.2, -0.15) is 10.1 Å². The molecule has 0 aromatic carbocycles. The fourth-order valence-electron chi connectivity index (χ4n) is 2.31. The highest BCUT2D eigenvalue weighted by atomic mass is 32.1. The third kappa shape index (κ3) is 2.02. The zero-order chi connectivity index (χ0) is 12.5. The molecule has 0 aliphatic carbocycles. The Hall–Kier alpha value is -1.40. The van der Waals surface area contributed by atoms with Crippen molar-refractivity contribution in [2.24, 2.45) is 0 Å². The van der Waals surface area contributed by atoms with Crippen LogP contribution in [0.1, 0.15) is 30.1 Å². The van der Waals surface area contributed by atoms with Crippen LogP contribution in [-0.4, -0.2) is 27.9 Å². The summed E-state index contributed by atoms with van der Waals surface area (Å²) in [6.07, 6.45) is 1.03. The van der Waals surface area contributed by atoms with Crippen molar-refractivity contribution in [1.29, 1.82) is 0 Å². The second-order valence-corrected chi connectivity index (χ2v) is 5.52. The van der Waals surface area contributed by atoms with E-state index in [2.05, 4.69) is 39.8 Å². The summed E-state index contributed by atoms with van der Waals surface area (Å²) in [5, 5.41) is 10.0. The molecule has 1 aliphatic heterocycles. The Balaban J connectivity index is 1.98. The number of methoxy groups -OCH3 is 1. The first-order chi connectivity index (χ1) is 8.78. The number of ether oxygens (including phenoxy) is 1. The van der Waals surface area contributed by atoms with Crippen LogP contribution >= 0.6 is 11.3 Å². The minimum atomic E-state index is 0.286. The second-order valence-electron chi connectivity index (χ2n) is 4.54. The lowest BCUT2D eigenvalue weighted by Gasteiger charge is -2.28. The molecule has 2 atom stereocenters. The quantitative estimate of drug-likeness (QED) is 0.924. The maximum absolute atomic E-state index is 5.09. The molecule has 1 aliphatic rings. The van der Waals surface area contributed by atoms with Crippen molar-refractivity contribution in [3.8, 4) is 0 Å². The molecular weight excluding hydrogens is 248 g/mol. The fraction of sp³-hybridized carbons (Fsp3) is 0.500. The third-order valence-electron chi connectivity index (χ3n) is 3.07. The van der Waals surface area contributed by atoms with Crippen LogP contribution in [0.3, 0.4) is 0 Å². The Morgan fingerprint density at radius 3 is 3.22 bits per heavy atom. The van der Waals surface area contributed by atoms with Gasteiger partial charge in [-0.1, -0.05) is 6.07 Å². The zero-order valence-corrected chi connectivity index (χ0v) is 11.3. The summed E-state index contributed by atoms with van der Waals surface area (Å²) in [5.74, 6) is 1.58. The van der Waals surface area contributed by atoms with Gasteiger partial charge < -0.3 is 10.1 Å². The number of aromatic nitrogens is 3. The van der Waals surface area contributed by atoms with E-state index in [9.17, 15) is 0 Å². The van der Waals surface area contributed by atoms with Crippen LogP contribution in [0, 0.1) is 0 Å². The average Bonchev–Trinajstić information content (AvgIpc) is 2.96. The summed E-state index contributed by atoms with van der Waals surface area (Å²) in [5.41, 5.74) is 0. The van der Waals surface area contributed by atoms with E-state index in [0.29, 0.717) is 12.6 Å². The minimum Gasteiger partial charge on any atom is -0.377 e. The smallest absolute Gasteiger partial charge is 0.222 e. The predicted molar refractivity (Wildman–Crippen MR) is 70.9 cm³/mol. The van der Waals surface area contributed by atoms with Crippen molar-refractivity contribution in [2.75, 3.05) is 12.4 Å². The van der Waals surface area contributed by atoms with Crippen molar-refractivity contribution in [3.63, 3.8) is 0 Å². The van der Waals surface area contributed by atoms with E-state index in [4.69, 9.17) is 4.74 Å². The van der Waals surface area contributed by atoms with Gasteiger partial charge in [0.05, 0.1) is 6.04 Å². The van der Waals surface area contributed by atoms with E-state index in [1.807, 2.05) is 4.68 Å². The molecule has 18 heavy (non-hydrogen) atoms. The second kappa shape index (κ2) is 4.70. The van der Waals surface area contributed by atoms with Gasteiger partial charge in [-0.05, 0) is 24.8 Å². The van der Waals surface area contributed by atoms with Crippen LogP contribution < -0.4 is 5.32 Å². The molecule has 5 nitrogen and oxygen atoms in total. The molecule has 2 aromatic rings. The van der Waals surface area contributed by atoms with E-state index < -0.39 is 0 Å². The summed E-state index contributed by atoms with van der Waals surface area (Å²) in [4.78, 5) is 5.80. The maximum atomic E-state index is 5.09. The van der Waals surface area contributed by atoms with Crippen LogP contribution in [0.25, 0.3) is 0 Å². The molecule has 0 unspecified atom stereocenters. The van der Waals surface area contributed by atoms with E-state index in [0.717, 1.165) is 18.2 Å². The normalized spacial score (nSPS) is 22.6. The first-order valence-corrected chi connectivity index (χ1v) is 6.90. The van der Waals surface area contributed by atoms with E-state index in [1.54, 1.807) is 18.4 Å². The van der Waals surface area contributed by atoms with Gasteiger partial charge in [0, 0.05) is 18.0 Å². The predicted octanol–water partition coefficient (Wildman–Crippen LogP) is 2.28. The highest BCUT2D eigenvalue weighted by Crippen LogP contribution is 2.33. The molecular formula is C12H16N4OS. The van der Waals surface area contributed by atoms with Gasteiger partial charge in [-0.3, -0.25) is 0 Å². The number of rotatable bonds is 3. The molecule has 0 spiro atoms. The molecule has 0 saturated carbocycles. The number of hydrogen-bond donors (Lipinski definition) is 1. The van der Waals surface area contributed by atoms with Crippen molar-refractivity contribution < 1.29 is 4.74 Å². The summed E-state index contributed by atoms with van der Waals surface area (Å²) >= 11 is 1.77. The van der Waals surface area contributed by atoms with Crippen LogP contribution in [0.4, 0.5) is 5.95 Å². The van der Waals surface area contributed by atoms with Crippen LogP contribution in [0.5, 0.6) is 0 Å². The topological polar surface area (TPSA) is 52.0 Å². The Morgan fingerprint density at radius 1 is 1.61 bits per heavy atom. The lowest BCUT2D eigenvalue weighted by molar-refractivity contribution is 0.177. The largest absolute Gasteiger partial charge is 0.377 e. The van der Waals surface area contributed by atoms with Crippen LogP contribution in [0.2, 0.25) is 0 Å². The number of hydrogen-bond acceptors (Lipinski definition) is 5. The van der Waals surface area contributed by atoms with Gasteiger partial charge >= 0.3 is 0 Å². The third-order valence-corrected chi connectivity index (χ3v) is 4.04. The van der Waals surface area contributed by atoms with Gasteiger partial charge in [-0.25, -0.2) is 4.68 Å². The van der Waals surface area contributed by atoms with Crippen LogP contribution in [0.15, 0.2) is 17.5 Å². The SMILES string of the molecule is COCc1nc2n(n1)[C@H](c1cccs1)C[C@H](C)N2. The molecule has 6 heteroatoms. The molecule has 0 fully saturated rings. The minimum absolute atomic E-state index is 0.286. The molecule has 0 saturated heterocycles. The molecule has 0 radical (unpaired) electrons. The Morgan fingerprint density at radius 2 is 2.50 bits per heavy atom. The van der Waals surface area contributed by atoms with Crippen molar-refractivity contribution in [3.05, 3.63) is 28.2 Å². The zero-order valence-electron chi connectivity index (χ0n) is 10.5. The molecule has 1 N–H and O–H groups in total. The number of nitrogens with one attached hydrogen (secondary N) is 1. The van der Waals surface area contributed by atoms with Crippen molar-refractivity contribution in [2.45, 2.75) is 32.0 Å². The van der Waals surface area contributed by atoms with Gasteiger partial charge in [0.15, 0.2) is 5.82 Å². The first-order valence-electron chi connectivity index (χ1n) is 6.02. The highest BCUT2D eigenvalue weighted by Gasteiger charge is 2.28. The summed E-state index contributed by atoms with van der Waals surface area (Å²) < 4.78 is 7.08. The van der Waals surface area contributed by atoms with E-state index in [1.165, 1.54) is 4.88 Å². The molecule has 2 aromatic heterocycles. The number of fused-ring (bicyclic) bond motifs is 1. The standard InChI is InChI=1S/C12H16N4OS/c1-8-6-9(10-4-3-5-18-10)16-12(13-8)14-11(15-16)7-17-2/h3-5,8-9H,6-7H2,1-2H3,(H,13,14,15)/t8-,9-/m0/s1. The van der Waals surface area contributed by atoms with Gasteiger partial charge in [-0.15, -0.1) is 11.3 Å². The number of nitrogens with zero attached hydrogens (tertiary/aromatic N) is 3. The molecule has 0 amide bonds. The fourth-order valence-corrected chi connectivity index (χ4v) is 3.13. The van der Waals surface area contributed by atoms with Gasteiger partial charge in [0.1, 0.15) is 6.61 Å². The highest BCUT2D eigenvalue weighted by molar-refractivity contribution is 7.10. The molecule has 96 valence electrons. The van der Waals surface area contributed by atoms with E-state index in [-0.39, 0.29) is 6.04 Å². The lowest BCUT2D eigenvalue weighted by Crippen LogP contribution is -2.30. The Labute approximate surface area is 110 Å². The van der Waals surface area contributed by atoms with Gasteiger partial charge in [0.2, 0.25) is 5.95 Å². The lowest BCUT2D eigenvalue weighted by atomic mass is 10.1. The number of thiophene rings is 1. The monoisotopic (exact) mass is 264 g/mol. The Kier molecular flexibility index (Phi) is 3.05. The van der Waals surface area contributed by atoms with E-state index >= 15 is 0 Å². The Bertz CT molecular complexity index is 522. The van der Waals surface area contributed by atoms with Crippen molar-refractivity contribution >= 4 is 17.3 Å². The molecule has 0 bridgehead atoms. The molecule has 3 heterocycles. The maximum Gasteiger partial charge on any atom is 0.222 e.